The Kier molecular flexibility index (Phi) is 6.50. The van der Waals surface area contributed by atoms with Crippen LogP contribution in [-0.2, 0) is 20.7 Å². The van der Waals surface area contributed by atoms with Crippen molar-refractivity contribution in [2.75, 3.05) is 7.11 Å². The molecule has 6 heteroatoms. The molecule has 0 aromatic carbocycles. The number of ketones is 1. The Morgan fingerprint density at radius 2 is 1.70 bits per heavy atom. The number of H-pyrrole nitrogens is 1. The topological polar surface area (TPSA) is 85.5 Å². The molecule has 0 amide bonds. The number of esters is 2. The van der Waals surface area contributed by atoms with Gasteiger partial charge in [-0.2, -0.15) is 0 Å². The summed E-state index contributed by atoms with van der Waals surface area (Å²) in [5, 5.41) is 0. The van der Waals surface area contributed by atoms with E-state index in [1.807, 2.05) is 0 Å². The Morgan fingerprint density at radius 3 is 2.19 bits per heavy atom. The minimum Gasteiger partial charge on any atom is -0.465 e. The standard InChI is InChI=1S/C21H31NO5/c1-12-18(20(25)26-6)16(22-19(12)13(2)23)11-17(24)27-15-9-7-14(8-10-15)21(3,4)5/h14-15,22H,7-11H2,1-6H3. The first-order valence-electron chi connectivity index (χ1n) is 9.54. The monoisotopic (exact) mass is 377 g/mol. The van der Waals surface area contributed by atoms with E-state index in [-0.39, 0.29) is 29.3 Å². The number of ether oxygens (including phenoxy) is 2. The fourth-order valence-electron chi connectivity index (χ4n) is 3.94. The SMILES string of the molecule is COC(=O)c1c(CC(=O)OC2CCC(C(C)(C)C)CC2)[nH]c(C(C)=O)c1C. The van der Waals surface area contributed by atoms with Gasteiger partial charge in [0.2, 0.25) is 0 Å². The molecule has 2 rings (SSSR count). The lowest BCUT2D eigenvalue weighted by Gasteiger charge is -2.36. The molecule has 0 radical (unpaired) electrons. The molecule has 1 aliphatic carbocycles. The van der Waals surface area contributed by atoms with Crippen LogP contribution in [0, 0.1) is 18.3 Å². The Balaban J connectivity index is 2.05. The van der Waals surface area contributed by atoms with Gasteiger partial charge in [-0.3, -0.25) is 9.59 Å². The van der Waals surface area contributed by atoms with E-state index in [1.54, 1.807) is 6.92 Å². The van der Waals surface area contributed by atoms with Crippen LogP contribution in [0.15, 0.2) is 0 Å². The molecule has 1 aliphatic rings. The van der Waals surface area contributed by atoms with E-state index in [2.05, 4.69) is 25.8 Å². The number of rotatable bonds is 5. The molecule has 1 heterocycles. The molecule has 1 N–H and O–H groups in total. The van der Waals surface area contributed by atoms with Crippen LogP contribution >= 0.6 is 0 Å². The van der Waals surface area contributed by atoms with Gasteiger partial charge in [-0.05, 0) is 49.5 Å². The van der Waals surface area contributed by atoms with Crippen LogP contribution in [-0.4, -0.2) is 35.9 Å². The van der Waals surface area contributed by atoms with Crippen molar-refractivity contribution in [3.8, 4) is 0 Å². The maximum atomic E-state index is 12.4. The Bertz CT molecular complexity index is 718. The smallest absolute Gasteiger partial charge is 0.339 e. The summed E-state index contributed by atoms with van der Waals surface area (Å²) in [4.78, 5) is 39.2. The van der Waals surface area contributed by atoms with E-state index in [4.69, 9.17) is 9.47 Å². The molecule has 150 valence electrons. The van der Waals surface area contributed by atoms with Gasteiger partial charge in [-0.25, -0.2) is 4.79 Å². The molecule has 0 spiro atoms. The second-order valence-electron chi connectivity index (χ2n) is 8.53. The highest BCUT2D eigenvalue weighted by molar-refractivity contribution is 6.01. The predicted molar refractivity (Wildman–Crippen MR) is 102 cm³/mol. The van der Waals surface area contributed by atoms with Gasteiger partial charge in [-0.1, -0.05) is 20.8 Å². The van der Waals surface area contributed by atoms with Crippen molar-refractivity contribution in [1.82, 2.24) is 4.98 Å². The summed E-state index contributed by atoms with van der Waals surface area (Å²) < 4.78 is 10.4. The van der Waals surface area contributed by atoms with Gasteiger partial charge >= 0.3 is 11.9 Å². The molecule has 1 saturated carbocycles. The zero-order valence-corrected chi connectivity index (χ0v) is 17.2. The third-order valence-corrected chi connectivity index (χ3v) is 5.59. The number of hydrogen-bond acceptors (Lipinski definition) is 5. The van der Waals surface area contributed by atoms with Crippen LogP contribution in [0.25, 0.3) is 0 Å². The lowest BCUT2D eigenvalue weighted by Crippen LogP contribution is -2.30. The fourth-order valence-corrected chi connectivity index (χ4v) is 3.94. The summed E-state index contributed by atoms with van der Waals surface area (Å²) in [5.41, 5.74) is 1.72. The van der Waals surface area contributed by atoms with Crippen molar-refractivity contribution in [3.05, 3.63) is 22.5 Å². The van der Waals surface area contributed by atoms with Crippen molar-refractivity contribution >= 4 is 17.7 Å². The fraction of sp³-hybridized carbons (Fsp3) is 0.667. The average molecular weight is 377 g/mol. The molecule has 0 atom stereocenters. The van der Waals surface area contributed by atoms with E-state index in [0.717, 1.165) is 25.7 Å². The molecule has 0 bridgehead atoms. The number of carbonyl (C=O) groups excluding carboxylic acids is 3. The lowest BCUT2D eigenvalue weighted by molar-refractivity contribution is -0.150. The number of carbonyl (C=O) groups is 3. The third kappa shape index (κ3) is 4.99. The average Bonchev–Trinajstić information content (AvgIpc) is 2.90. The highest BCUT2D eigenvalue weighted by Gasteiger charge is 2.31. The second kappa shape index (κ2) is 8.28. The molecule has 6 nitrogen and oxygen atoms in total. The molecule has 0 aliphatic heterocycles. The van der Waals surface area contributed by atoms with Crippen LogP contribution < -0.4 is 0 Å². The van der Waals surface area contributed by atoms with E-state index in [9.17, 15) is 14.4 Å². The molecule has 0 saturated heterocycles. The largest absolute Gasteiger partial charge is 0.465 e. The van der Waals surface area contributed by atoms with E-state index in [1.165, 1.54) is 14.0 Å². The summed E-state index contributed by atoms with van der Waals surface area (Å²) in [7, 11) is 1.28. The van der Waals surface area contributed by atoms with Gasteiger partial charge in [0.05, 0.1) is 24.8 Å². The second-order valence-corrected chi connectivity index (χ2v) is 8.53. The van der Waals surface area contributed by atoms with Gasteiger partial charge < -0.3 is 14.5 Å². The summed E-state index contributed by atoms with van der Waals surface area (Å²) >= 11 is 0. The van der Waals surface area contributed by atoms with Gasteiger partial charge in [0.25, 0.3) is 0 Å². The first-order chi connectivity index (χ1) is 12.5. The van der Waals surface area contributed by atoms with Gasteiger partial charge in [0.1, 0.15) is 6.10 Å². The number of hydrogen-bond donors (Lipinski definition) is 1. The molecule has 1 aromatic heterocycles. The zero-order valence-electron chi connectivity index (χ0n) is 17.2. The molecule has 0 unspecified atom stereocenters. The quantitative estimate of drug-likeness (QED) is 0.619. The first kappa shape index (κ1) is 21.2. The zero-order chi connectivity index (χ0) is 20.4. The van der Waals surface area contributed by atoms with E-state index >= 15 is 0 Å². The summed E-state index contributed by atoms with van der Waals surface area (Å²) in [6.45, 7) is 9.83. The minimum atomic E-state index is -0.565. The summed E-state index contributed by atoms with van der Waals surface area (Å²) in [6.07, 6.45) is 3.65. The Hall–Kier alpha value is -2.11. The molecule has 1 aromatic rings. The van der Waals surface area contributed by atoms with Crippen LogP contribution in [0.5, 0.6) is 0 Å². The van der Waals surface area contributed by atoms with Crippen molar-refractivity contribution in [3.63, 3.8) is 0 Å². The van der Waals surface area contributed by atoms with E-state index in [0.29, 0.717) is 22.9 Å². The van der Waals surface area contributed by atoms with Crippen molar-refractivity contribution in [1.29, 1.82) is 0 Å². The third-order valence-electron chi connectivity index (χ3n) is 5.59. The van der Waals surface area contributed by atoms with Crippen LogP contribution in [0.2, 0.25) is 0 Å². The molecular formula is C21H31NO5. The van der Waals surface area contributed by atoms with Crippen LogP contribution in [0.3, 0.4) is 0 Å². The van der Waals surface area contributed by atoms with Gasteiger partial charge in [-0.15, -0.1) is 0 Å². The van der Waals surface area contributed by atoms with Crippen LogP contribution in [0.1, 0.15) is 85.5 Å². The first-order valence-corrected chi connectivity index (χ1v) is 9.54. The van der Waals surface area contributed by atoms with Crippen molar-refractivity contribution < 1.29 is 23.9 Å². The molecule has 27 heavy (non-hydrogen) atoms. The highest BCUT2D eigenvalue weighted by atomic mass is 16.5. The number of Topliss-reactive ketones (excluding diaryl/α,β-unsaturated/α-hetero) is 1. The summed E-state index contributed by atoms with van der Waals surface area (Å²) in [5.74, 6) is -0.513. The summed E-state index contributed by atoms with van der Waals surface area (Å²) in [6, 6.07) is 0. The van der Waals surface area contributed by atoms with Crippen LogP contribution in [0.4, 0.5) is 0 Å². The number of methoxy groups -OCH3 is 1. The Morgan fingerprint density at radius 1 is 1.11 bits per heavy atom. The van der Waals surface area contributed by atoms with E-state index < -0.39 is 11.9 Å². The molecule has 1 fully saturated rings. The van der Waals surface area contributed by atoms with Gasteiger partial charge in [0.15, 0.2) is 5.78 Å². The predicted octanol–water partition coefficient (Wildman–Crippen LogP) is 4.00. The number of aromatic amines is 1. The highest BCUT2D eigenvalue weighted by Crippen LogP contribution is 2.38. The number of aromatic nitrogens is 1. The van der Waals surface area contributed by atoms with Gasteiger partial charge in [0, 0.05) is 12.6 Å². The maximum absolute atomic E-state index is 12.4. The maximum Gasteiger partial charge on any atom is 0.339 e. The number of nitrogens with one attached hydrogen (secondary N) is 1. The molecular weight excluding hydrogens is 346 g/mol. The van der Waals surface area contributed by atoms with Crippen molar-refractivity contribution in [2.45, 2.75) is 72.8 Å². The minimum absolute atomic E-state index is 0.0824. The van der Waals surface area contributed by atoms with Crippen molar-refractivity contribution in [2.24, 2.45) is 11.3 Å². The normalized spacial score (nSPS) is 20.2. The lowest BCUT2D eigenvalue weighted by atomic mass is 9.72. The Labute approximate surface area is 161 Å².